The second-order valence-electron chi connectivity index (χ2n) is 7.28. The molecule has 0 spiro atoms. The molecule has 7 nitrogen and oxygen atoms in total. The molecule has 3 heterocycles. The normalized spacial score (nSPS) is 16.9. The number of nitrogens with zero attached hydrogens (tertiary/aromatic N) is 4. The van der Waals surface area contributed by atoms with Crippen molar-refractivity contribution in [3.63, 3.8) is 0 Å². The quantitative estimate of drug-likeness (QED) is 0.666. The van der Waals surface area contributed by atoms with E-state index >= 15 is 0 Å². The Morgan fingerprint density at radius 1 is 1.34 bits per heavy atom. The summed E-state index contributed by atoms with van der Waals surface area (Å²) in [5.74, 6) is 0.805. The van der Waals surface area contributed by atoms with Crippen LogP contribution in [0.1, 0.15) is 31.0 Å². The van der Waals surface area contributed by atoms with Crippen molar-refractivity contribution in [1.29, 1.82) is 0 Å². The summed E-state index contributed by atoms with van der Waals surface area (Å²) in [7, 11) is 0. The Balaban J connectivity index is 1.41. The highest BCUT2D eigenvalue weighted by Gasteiger charge is 2.28. The number of amides is 1. The Labute approximate surface area is 174 Å². The first-order valence-electron chi connectivity index (χ1n) is 10.0. The molecule has 1 atom stereocenters. The summed E-state index contributed by atoms with van der Waals surface area (Å²) in [5.41, 5.74) is 2.39. The topological polar surface area (TPSA) is 84.2 Å². The van der Waals surface area contributed by atoms with Crippen LogP contribution in [-0.4, -0.2) is 40.7 Å². The number of piperidine rings is 1. The molecule has 4 rings (SSSR count). The molecule has 1 aliphatic heterocycles. The number of halogens is 1. The minimum Gasteiger partial charge on any atom is -0.355 e. The summed E-state index contributed by atoms with van der Waals surface area (Å²) in [6.07, 6.45) is 4.76. The minimum absolute atomic E-state index is 0.0769. The second kappa shape index (κ2) is 8.78. The summed E-state index contributed by atoms with van der Waals surface area (Å²) in [5, 5.41) is 8.76. The van der Waals surface area contributed by atoms with Gasteiger partial charge in [0.15, 0.2) is 0 Å². The maximum atomic E-state index is 12.8. The van der Waals surface area contributed by atoms with Crippen LogP contribution in [0.15, 0.2) is 35.1 Å². The maximum absolute atomic E-state index is 12.8. The molecular weight excluding hydrogens is 390 g/mol. The van der Waals surface area contributed by atoms with Gasteiger partial charge in [-0.2, -0.15) is 4.98 Å². The number of hydrogen-bond acceptors (Lipinski definition) is 6. The minimum atomic E-state index is -0.0788. The maximum Gasteiger partial charge on any atom is 0.263 e. The van der Waals surface area contributed by atoms with Crippen molar-refractivity contribution in [2.45, 2.75) is 32.6 Å². The molecule has 1 aromatic carbocycles. The monoisotopic (exact) mass is 413 g/mol. The van der Waals surface area contributed by atoms with Crippen LogP contribution >= 0.6 is 11.6 Å². The van der Waals surface area contributed by atoms with E-state index in [0.717, 1.165) is 59.7 Å². The van der Waals surface area contributed by atoms with Crippen molar-refractivity contribution in [3.05, 3.63) is 46.9 Å². The lowest BCUT2D eigenvalue weighted by Crippen LogP contribution is -2.44. The average Bonchev–Trinajstić information content (AvgIpc) is 3.18. The van der Waals surface area contributed by atoms with E-state index in [-0.39, 0.29) is 11.8 Å². The van der Waals surface area contributed by atoms with Crippen LogP contribution in [-0.2, 0) is 17.6 Å². The Morgan fingerprint density at radius 2 is 2.21 bits per heavy atom. The summed E-state index contributed by atoms with van der Waals surface area (Å²) < 4.78 is 5.33. The number of rotatable bonds is 6. The van der Waals surface area contributed by atoms with E-state index in [1.54, 1.807) is 0 Å². The van der Waals surface area contributed by atoms with Gasteiger partial charge < -0.3 is 14.7 Å². The molecule has 1 fully saturated rings. The fourth-order valence-corrected chi connectivity index (χ4v) is 4.09. The van der Waals surface area contributed by atoms with Gasteiger partial charge in [0.05, 0.1) is 11.6 Å². The van der Waals surface area contributed by atoms with Gasteiger partial charge in [0.2, 0.25) is 5.91 Å². The molecular formula is C21H24ClN5O2. The predicted molar refractivity (Wildman–Crippen MR) is 112 cm³/mol. The first-order valence-corrected chi connectivity index (χ1v) is 10.4. The molecule has 1 amide bonds. The number of fused-ring (bicyclic) bond motifs is 1. The number of nitrogens with one attached hydrogen (secondary N) is 1. The van der Waals surface area contributed by atoms with Gasteiger partial charge in [-0.25, -0.2) is 4.98 Å². The predicted octanol–water partition coefficient (Wildman–Crippen LogP) is 3.41. The molecule has 0 unspecified atom stereocenters. The second-order valence-corrected chi connectivity index (χ2v) is 7.69. The molecule has 1 saturated heterocycles. The number of hydrogen-bond donors (Lipinski definition) is 1. The number of anilines is 1. The summed E-state index contributed by atoms with van der Waals surface area (Å²) >= 11 is 6.19. The molecule has 1 aliphatic rings. The lowest BCUT2D eigenvalue weighted by molar-refractivity contribution is -0.125. The third-order valence-corrected chi connectivity index (χ3v) is 5.77. The van der Waals surface area contributed by atoms with E-state index in [2.05, 4.69) is 25.3 Å². The van der Waals surface area contributed by atoms with Crippen molar-refractivity contribution in [1.82, 2.24) is 20.4 Å². The highest BCUT2D eigenvalue weighted by atomic mass is 35.5. The van der Waals surface area contributed by atoms with Gasteiger partial charge in [-0.05, 0) is 37.3 Å². The summed E-state index contributed by atoms with van der Waals surface area (Å²) in [6, 6.07) is 7.72. The number of benzene rings is 1. The van der Waals surface area contributed by atoms with Crippen LogP contribution in [0.25, 0.3) is 11.1 Å². The lowest BCUT2D eigenvalue weighted by atomic mass is 9.96. The molecule has 0 aliphatic carbocycles. The third kappa shape index (κ3) is 4.19. The molecule has 0 saturated carbocycles. The van der Waals surface area contributed by atoms with E-state index in [1.807, 2.05) is 31.2 Å². The highest BCUT2D eigenvalue weighted by Crippen LogP contribution is 2.30. The van der Waals surface area contributed by atoms with Crippen LogP contribution < -0.4 is 10.2 Å². The Morgan fingerprint density at radius 3 is 3.03 bits per heavy atom. The van der Waals surface area contributed by atoms with Crippen molar-refractivity contribution < 1.29 is 9.32 Å². The van der Waals surface area contributed by atoms with Gasteiger partial charge in [-0.15, -0.1) is 0 Å². The zero-order valence-electron chi connectivity index (χ0n) is 16.4. The van der Waals surface area contributed by atoms with Gasteiger partial charge in [0.1, 0.15) is 17.5 Å². The van der Waals surface area contributed by atoms with Crippen LogP contribution in [0, 0.1) is 5.92 Å². The average molecular weight is 414 g/mol. The first kappa shape index (κ1) is 19.6. The molecule has 8 heteroatoms. The van der Waals surface area contributed by atoms with Gasteiger partial charge in [-0.1, -0.05) is 41.9 Å². The number of carbonyl (C=O) groups is 1. The molecule has 0 bridgehead atoms. The van der Waals surface area contributed by atoms with E-state index in [0.29, 0.717) is 18.8 Å². The fraction of sp³-hybridized carbons (Fsp3) is 0.429. The molecule has 1 N–H and O–H groups in total. The number of aromatic nitrogens is 3. The van der Waals surface area contributed by atoms with Gasteiger partial charge >= 0.3 is 0 Å². The number of aryl methyl sites for hydroxylation is 1. The third-order valence-electron chi connectivity index (χ3n) is 5.40. The molecule has 0 radical (unpaired) electrons. The first-order chi connectivity index (χ1) is 14.2. The molecule has 152 valence electrons. The summed E-state index contributed by atoms with van der Waals surface area (Å²) in [6.45, 7) is 4.07. The zero-order valence-corrected chi connectivity index (χ0v) is 17.2. The van der Waals surface area contributed by atoms with Gasteiger partial charge in [-0.3, -0.25) is 4.79 Å². The van der Waals surface area contributed by atoms with Gasteiger partial charge in [0, 0.05) is 24.7 Å². The van der Waals surface area contributed by atoms with Crippen LogP contribution in [0.5, 0.6) is 0 Å². The smallest absolute Gasteiger partial charge is 0.263 e. The van der Waals surface area contributed by atoms with E-state index in [4.69, 9.17) is 16.1 Å². The Hall–Kier alpha value is -2.67. The fourth-order valence-electron chi connectivity index (χ4n) is 3.86. The highest BCUT2D eigenvalue weighted by molar-refractivity contribution is 6.31. The SMILES string of the molecule is CCc1noc2ncnc(N3CCC[C@H](C(=O)NCCc4ccccc4Cl)C3)c12. The van der Waals surface area contributed by atoms with Crippen molar-refractivity contribution in [3.8, 4) is 0 Å². The summed E-state index contributed by atoms with van der Waals surface area (Å²) in [4.78, 5) is 23.6. The van der Waals surface area contributed by atoms with Crippen molar-refractivity contribution in [2.75, 3.05) is 24.5 Å². The molecule has 29 heavy (non-hydrogen) atoms. The standard InChI is InChI=1S/C21H24ClN5O2/c1-2-17-18-19(24-13-25-21(18)29-26-17)27-11-5-7-15(12-27)20(28)23-10-9-14-6-3-4-8-16(14)22/h3-4,6,8,13,15H,2,5,7,9-12H2,1H3,(H,23,28)/t15-/m0/s1. The zero-order chi connectivity index (χ0) is 20.2. The van der Waals surface area contributed by atoms with Gasteiger partial charge in [0.25, 0.3) is 5.71 Å². The van der Waals surface area contributed by atoms with Crippen molar-refractivity contribution >= 4 is 34.4 Å². The lowest BCUT2D eigenvalue weighted by Gasteiger charge is -2.33. The molecule has 3 aromatic rings. The largest absolute Gasteiger partial charge is 0.355 e. The van der Waals surface area contributed by atoms with Crippen LogP contribution in [0.3, 0.4) is 0 Å². The van der Waals surface area contributed by atoms with Crippen LogP contribution in [0.2, 0.25) is 5.02 Å². The Bertz CT molecular complexity index is 1010. The number of carbonyl (C=O) groups excluding carboxylic acids is 1. The van der Waals surface area contributed by atoms with E-state index < -0.39 is 0 Å². The van der Waals surface area contributed by atoms with Crippen LogP contribution in [0.4, 0.5) is 5.82 Å². The Kier molecular flexibility index (Phi) is 5.94. The van der Waals surface area contributed by atoms with Crippen molar-refractivity contribution in [2.24, 2.45) is 5.92 Å². The molecule has 2 aromatic heterocycles. The van der Waals surface area contributed by atoms with E-state index in [9.17, 15) is 4.79 Å². The van der Waals surface area contributed by atoms with E-state index in [1.165, 1.54) is 6.33 Å².